The maximum Gasteiger partial charge on any atom is 0.200 e. The highest BCUT2D eigenvalue weighted by molar-refractivity contribution is 5.33. The molecule has 2 aromatic carbocycles. The first-order valence-electron chi connectivity index (χ1n) is 15.5. The van der Waals surface area contributed by atoms with Crippen LogP contribution >= 0.6 is 0 Å². The minimum absolute atomic E-state index is 0.00873. The van der Waals surface area contributed by atoms with Crippen molar-refractivity contribution in [1.29, 1.82) is 0 Å². The van der Waals surface area contributed by atoms with Crippen LogP contribution in [-0.4, -0.2) is 6.61 Å². The van der Waals surface area contributed by atoms with E-state index in [4.69, 9.17) is 4.74 Å². The standard InChI is InChI=1S/C34H46F4O/c1-3-4-5-6-7-22-39-30-21-18-27(31(35)34(30)38)17-12-24-10-15-26(16-11-24)29-20-19-28(32(36)33(29)37)25-13-8-23(2)9-14-25/h18-21,23-26H,3-17,22H2,1-2H3. The molecule has 4 rings (SSSR count). The van der Waals surface area contributed by atoms with Gasteiger partial charge in [0.1, 0.15) is 0 Å². The first-order valence-corrected chi connectivity index (χ1v) is 15.5. The number of unbranched alkanes of at least 4 members (excludes halogenated alkanes) is 4. The Morgan fingerprint density at radius 1 is 0.667 bits per heavy atom. The van der Waals surface area contributed by atoms with Gasteiger partial charge in [0, 0.05) is 0 Å². The third kappa shape index (κ3) is 7.79. The SMILES string of the molecule is CCCCCCCOc1ccc(CCC2CCC(c3ccc(C4CCC(C)CC4)c(F)c3F)CC2)c(F)c1F. The Morgan fingerprint density at radius 2 is 1.26 bits per heavy atom. The van der Waals surface area contributed by atoms with Crippen LogP contribution < -0.4 is 4.74 Å². The second-order valence-corrected chi connectivity index (χ2v) is 12.2. The summed E-state index contributed by atoms with van der Waals surface area (Å²) in [5, 5.41) is 0. The molecule has 2 aromatic rings. The number of ether oxygens (including phenoxy) is 1. The Balaban J connectivity index is 1.25. The summed E-state index contributed by atoms with van der Waals surface area (Å²) in [7, 11) is 0. The molecule has 0 aliphatic heterocycles. The summed E-state index contributed by atoms with van der Waals surface area (Å²) in [4.78, 5) is 0. The molecule has 0 unspecified atom stereocenters. The number of halogens is 4. The summed E-state index contributed by atoms with van der Waals surface area (Å²) in [6.07, 6.45) is 14.0. The molecule has 2 saturated carbocycles. The molecular formula is C34H46F4O. The lowest BCUT2D eigenvalue weighted by atomic mass is 9.75. The van der Waals surface area contributed by atoms with E-state index in [-0.39, 0.29) is 17.6 Å². The molecule has 2 fully saturated rings. The first-order chi connectivity index (χ1) is 18.9. The van der Waals surface area contributed by atoms with Crippen molar-refractivity contribution in [2.75, 3.05) is 6.61 Å². The average Bonchev–Trinajstić information content (AvgIpc) is 2.95. The van der Waals surface area contributed by atoms with Crippen LogP contribution in [0, 0.1) is 35.1 Å². The van der Waals surface area contributed by atoms with E-state index in [0.29, 0.717) is 41.6 Å². The Morgan fingerprint density at radius 3 is 1.87 bits per heavy atom. The Labute approximate surface area is 232 Å². The molecule has 0 atom stereocenters. The molecule has 216 valence electrons. The van der Waals surface area contributed by atoms with E-state index < -0.39 is 23.3 Å². The lowest BCUT2D eigenvalue weighted by Gasteiger charge is -2.30. The van der Waals surface area contributed by atoms with Gasteiger partial charge in [-0.3, -0.25) is 0 Å². The molecule has 0 heterocycles. The highest BCUT2D eigenvalue weighted by Gasteiger charge is 2.29. The summed E-state index contributed by atoms with van der Waals surface area (Å²) < 4.78 is 65.0. The van der Waals surface area contributed by atoms with Gasteiger partial charge in [-0.25, -0.2) is 13.2 Å². The predicted molar refractivity (Wildman–Crippen MR) is 150 cm³/mol. The Hall–Kier alpha value is -2.04. The molecule has 2 aliphatic rings. The fraction of sp³-hybridized carbons (Fsp3) is 0.647. The van der Waals surface area contributed by atoms with E-state index in [1.807, 2.05) is 12.1 Å². The molecule has 0 spiro atoms. The zero-order chi connectivity index (χ0) is 27.8. The van der Waals surface area contributed by atoms with Gasteiger partial charge in [-0.05, 0) is 104 Å². The minimum Gasteiger partial charge on any atom is -0.490 e. The smallest absolute Gasteiger partial charge is 0.200 e. The van der Waals surface area contributed by atoms with Crippen molar-refractivity contribution in [2.24, 2.45) is 11.8 Å². The van der Waals surface area contributed by atoms with Gasteiger partial charge < -0.3 is 4.74 Å². The van der Waals surface area contributed by atoms with E-state index in [2.05, 4.69) is 13.8 Å². The fourth-order valence-electron chi connectivity index (χ4n) is 6.67. The maximum atomic E-state index is 15.1. The number of hydrogen-bond donors (Lipinski definition) is 0. The molecule has 2 aliphatic carbocycles. The lowest BCUT2D eigenvalue weighted by Crippen LogP contribution is -2.17. The molecule has 0 saturated heterocycles. The minimum atomic E-state index is -0.895. The van der Waals surface area contributed by atoms with Crippen LogP contribution in [0.3, 0.4) is 0 Å². The van der Waals surface area contributed by atoms with Crippen LogP contribution in [-0.2, 0) is 6.42 Å². The topological polar surface area (TPSA) is 9.23 Å². The molecule has 1 nitrogen and oxygen atoms in total. The highest BCUT2D eigenvalue weighted by Crippen LogP contribution is 2.42. The van der Waals surface area contributed by atoms with Gasteiger partial charge in [0.05, 0.1) is 6.61 Å². The van der Waals surface area contributed by atoms with Crippen molar-refractivity contribution in [3.63, 3.8) is 0 Å². The number of aryl methyl sites for hydroxylation is 1. The number of hydrogen-bond acceptors (Lipinski definition) is 1. The normalized spacial score (nSPS) is 23.6. The summed E-state index contributed by atoms with van der Waals surface area (Å²) in [5.41, 5.74) is 1.44. The van der Waals surface area contributed by atoms with Crippen molar-refractivity contribution >= 4 is 0 Å². The monoisotopic (exact) mass is 546 g/mol. The molecule has 39 heavy (non-hydrogen) atoms. The van der Waals surface area contributed by atoms with Gasteiger partial charge in [0.15, 0.2) is 23.2 Å². The van der Waals surface area contributed by atoms with Crippen molar-refractivity contribution in [3.8, 4) is 5.75 Å². The van der Waals surface area contributed by atoms with E-state index in [0.717, 1.165) is 83.5 Å². The van der Waals surface area contributed by atoms with Crippen LogP contribution in [0.2, 0.25) is 0 Å². The first kappa shape index (κ1) is 29.9. The van der Waals surface area contributed by atoms with E-state index in [1.165, 1.54) is 6.42 Å². The molecular weight excluding hydrogens is 500 g/mol. The van der Waals surface area contributed by atoms with Crippen LogP contribution in [0.1, 0.15) is 132 Å². The Bertz CT molecular complexity index is 1050. The largest absolute Gasteiger partial charge is 0.490 e. The van der Waals surface area contributed by atoms with Crippen molar-refractivity contribution in [1.82, 2.24) is 0 Å². The average molecular weight is 547 g/mol. The molecule has 0 N–H and O–H groups in total. The van der Waals surface area contributed by atoms with Crippen LogP contribution in [0.15, 0.2) is 24.3 Å². The van der Waals surface area contributed by atoms with E-state index >= 15 is 8.78 Å². The summed E-state index contributed by atoms with van der Waals surface area (Å²) in [6, 6.07) is 6.84. The van der Waals surface area contributed by atoms with Gasteiger partial charge >= 0.3 is 0 Å². The van der Waals surface area contributed by atoms with Gasteiger partial charge in [-0.15, -0.1) is 0 Å². The third-order valence-electron chi connectivity index (χ3n) is 9.34. The molecule has 5 heteroatoms. The molecule has 0 bridgehead atoms. The number of rotatable bonds is 12. The van der Waals surface area contributed by atoms with Gasteiger partial charge in [0.2, 0.25) is 5.82 Å². The van der Waals surface area contributed by atoms with Crippen molar-refractivity contribution < 1.29 is 22.3 Å². The van der Waals surface area contributed by atoms with Crippen LogP contribution in [0.4, 0.5) is 17.6 Å². The predicted octanol–water partition coefficient (Wildman–Crippen LogP) is 10.8. The van der Waals surface area contributed by atoms with E-state index in [9.17, 15) is 8.78 Å². The van der Waals surface area contributed by atoms with Gasteiger partial charge in [-0.1, -0.05) is 70.6 Å². The summed E-state index contributed by atoms with van der Waals surface area (Å²) in [6.45, 7) is 4.78. The van der Waals surface area contributed by atoms with Gasteiger partial charge in [-0.2, -0.15) is 4.39 Å². The van der Waals surface area contributed by atoms with Crippen molar-refractivity contribution in [2.45, 2.75) is 122 Å². The lowest BCUT2D eigenvalue weighted by molar-refractivity contribution is 0.283. The quantitative estimate of drug-likeness (QED) is 0.190. The number of benzene rings is 2. The maximum absolute atomic E-state index is 15.1. The Kier molecular flexibility index (Phi) is 11.2. The van der Waals surface area contributed by atoms with E-state index in [1.54, 1.807) is 12.1 Å². The summed E-state index contributed by atoms with van der Waals surface area (Å²) >= 11 is 0. The molecule has 0 radical (unpaired) electrons. The van der Waals surface area contributed by atoms with Gasteiger partial charge in [0.25, 0.3) is 0 Å². The molecule has 0 amide bonds. The third-order valence-corrected chi connectivity index (χ3v) is 9.34. The zero-order valence-corrected chi connectivity index (χ0v) is 23.9. The van der Waals surface area contributed by atoms with Crippen molar-refractivity contribution in [3.05, 3.63) is 64.2 Å². The summed E-state index contributed by atoms with van der Waals surface area (Å²) in [5.74, 6) is -1.82. The molecule has 0 aromatic heterocycles. The second-order valence-electron chi connectivity index (χ2n) is 12.2. The zero-order valence-electron chi connectivity index (χ0n) is 23.9. The second kappa shape index (κ2) is 14.6. The highest BCUT2D eigenvalue weighted by atomic mass is 19.2. The van der Waals surface area contributed by atoms with Crippen LogP contribution in [0.25, 0.3) is 0 Å². The fourth-order valence-corrected chi connectivity index (χ4v) is 6.67. The van der Waals surface area contributed by atoms with Crippen LogP contribution in [0.5, 0.6) is 5.75 Å².